The summed E-state index contributed by atoms with van der Waals surface area (Å²) in [7, 11) is 0. The van der Waals surface area contributed by atoms with Gasteiger partial charge in [-0.2, -0.15) is 0 Å². The average Bonchev–Trinajstić information content (AvgIpc) is 2.64. The third-order valence-electron chi connectivity index (χ3n) is 3.48. The van der Waals surface area contributed by atoms with Crippen LogP contribution >= 0.6 is 0 Å². The summed E-state index contributed by atoms with van der Waals surface area (Å²) in [5.41, 5.74) is 6.02. The molecule has 0 aliphatic heterocycles. The summed E-state index contributed by atoms with van der Waals surface area (Å²) in [5.74, 6) is 0.959. The fourth-order valence-corrected chi connectivity index (χ4v) is 2.07. The largest absolute Gasteiger partial charge is 0.445 e. The summed E-state index contributed by atoms with van der Waals surface area (Å²) in [4.78, 5) is 35.3. The molecule has 140 valence electrons. The third kappa shape index (κ3) is 7.68. The zero-order valence-corrected chi connectivity index (χ0v) is 14.3. The average molecular weight is 361 g/mol. The first-order chi connectivity index (χ1) is 12.5. The van der Waals surface area contributed by atoms with E-state index in [4.69, 9.17) is 16.9 Å². The second-order valence-electron chi connectivity index (χ2n) is 5.50. The molecule has 8 nitrogen and oxygen atoms in total. The summed E-state index contributed by atoms with van der Waals surface area (Å²) >= 11 is 0. The Balaban J connectivity index is 2.51. The number of nitrogens with one attached hydrogen (secondary N) is 2. The Morgan fingerprint density at radius 3 is 2.46 bits per heavy atom. The molecule has 0 saturated carbocycles. The molecular weight excluding hydrogens is 338 g/mol. The van der Waals surface area contributed by atoms with E-state index in [9.17, 15) is 19.5 Å². The van der Waals surface area contributed by atoms with Crippen LogP contribution in [0.25, 0.3) is 0 Å². The maximum Gasteiger partial charge on any atom is 0.408 e. The second-order valence-corrected chi connectivity index (χ2v) is 5.50. The Morgan fingerprint density at radius 1 is 1.19 bits per heavy atom. The fraction of sp³-hybridized carbons (Fsp3) is 0.389. The second kappa shape index (κ2) is 11.5. The van der Waals surface area contributed by atoms with Crippen LogP contribution in [0, 0.1) is 12.3 Å². The summed E-state index contributed by atoms with van der Waals surface area (Å²) in [5, 5.41) is 14.0. The number of hydrogen-bond donors (Lipinski definition) is 4. The van der Waals surface area contributed by atoms with Gasteiger partial charge in [-0.3, -0.25) is 9.59 Å². The molecule has 5 N–H and O–H groups in total. The van der Waals surface area contributed by atoms with Crippen molar-refractivity contribution in [3.63, 3.8) is 0 Å². The Morgan fingerprint density at radius 2 is 1.88 bits per heavy atom. The normalized spacial score (nSPS) is 12.3. The molecule has 0 unspecified atom stereocenters. The van der Waals surface area contributed by atoms with Gasteiger partial charge in [0.15, 0.2) is 0 Å². The number of carbonyl (C=O) groups excluding carboxylic acids is 3. The highest BCUT2D eigenvalue weighted by atomic mass is 16.5. The number of unbranched alkanes of at least 4 members (excludes halogenated alkanes) is 1. The zero-order valence-electron chi connectivity index (χ0n) is 14.3. The highest BCUT2D eigenvalue weighted by Crippen LogP contribution is 2.02. The van der Waals surface area contributed by atoms with E-state index < -0.39 is 36.6 Å². The van der Waals surface area contributed by atoms with Gasteiger partial charge < -0.3 is 26.2 Å². The van der Waals surface area contributed by atoms with E-state index in [2.05, 4.69) is 16.6 Å². The fourth-order valence-electron chi connectivity index (χ4n) is 2.07. The smallest absolute Gasteiger partial charge is 0.408 e. The third-order valence-corrected chi connectivity index (χ3v) is 3.48. The number of nitrogens with two attached hydrogens (primary N) is 1. The maximum absolute atomic E-state index is 12.1. The number of rotatable bonds is 10. The molecule has 0 spiro atoms. The number of carbonyl (C=O) groups is 3. The molecule has 0 radical (unpaired) electrons. The Bertz CT molecular complexity index is 642. The van der Waals surface area contributed by atoms with Crippen LogP contribution in [-0.4, -0.2) is 41.7 Å². The van der Waals surface area contributed by atoms with Crippen LogP contribution in [0.15, 0.2) is 30.3 Å². The van der Waals surface area contributed by atoms with Crippen molar-refractivity contribution in [3.05, 3.63) is 35.9 Å². The first-order valence-electron chi connectivity index (χ1n) is 8.09. The monoisotopic (exact) mass is 361 g/mol. The zero-order chi connectivity index (χ0) is 19.4. The van der Waals surface area contributed by atoms with Crippen molar-refractivity contribution in [1.82, 2.24) is 10.6 Å². The van der Waals surface area contributed by atoms with Gasteiger partial charge in [0.2, 0.25) is 11.8 Å². The van der Waals surface area contributed by atoms with E-state index in [0.717, 1.165) is 5.56 Å². The molecule has 1 rings (SSSR count). The first kappa shape index (κ1) is 21.0. The van der Waals surface area contributed by atoms with Crippen molar-refractivity contribution in [2.24, 2.45) is 5.73 Å². The Labute approximate surface area is 152 Å². The molecule has 1 aromatic carbocycles. The van der Waals surface area contributed by atoms with E-state index >= 15 is 0 Å². The number of benzene rings is 1. The van der Waals surface area contributed by atoms with Crippen LogP contribution in [0.2, 0.25) is 0 Å². The molecule has 0 fully saturated rings. The van der Waals surface area contributed by atoms with Gasteiger partial charge in [-0.05, 0) is 18.4 Å². The van der Waals surface area contributed by atoms with Gasteiger partial charge in [0.1, 0.15) is 18.7 Å². The molecule has 0 aliphatic carbocycles. The first-order valence-corrected chi connectivity index (χ1v) is 8.09. The van der Waals surface area contributed by atoms with Gasteiger partial charge in [0.05, 0.1) is 6.61 Å². The predicted molar refractivity (Wildman–Crippen MR) is 94.4 cm³/mol. The van der Waals surface area contributed by atoms with Gasteiger partial charge >= 0.3 is 6.09 Å². The molecule has 2 atom stereocenters. The van der Waals surface area contributed by atoms with E-state index in [1.165, 1.54) is 0 Å². The van der Waals surface area contributed by atoms with E-state index in [1.54, 1.807) is 24.3 Å². The van der Waals surface area contributed by atoms with Crippen molar-refractivity contribution in [2.45, 2.75) is 38.0 Å². The van der Waals surface area contributed by atoms with Crippen molar-refractivity contribution in [3.8, 4) is 12.3 Å². The van der Waals surface area contributed by atoms with Crippen molar-refractivity contribution in [2.75, 3.05) is 6.61 Å². The molecule has 0 heterocycles. The summed E-state index contributed by atoms with van der Waals surface area (Å²) in [6.07, 6.45) is 5.47. The maximum atomic E-state index is 12.1. The van der Waals surface area contributed by atoms with Gasteiger partial charge in [-0.1, -0.05) is 30.3 Å². The minimum atomic E-state index is -1.27. The van der Waals surface area contributed by atoms with Crippen LogP contribution in [0.1, 0.15) is 24.8 Å². The van der Waals surface area contributed by atoms with Crippen molar-refractivity contribution < 1.29 is 24.2 Å². The highest BCUT2D eigenvalue weighted by molar-refractivity contribution is 5.90. The van der Waals surface area contributed by atoms with E-state index in [-0.39, 0.29) is 13.0 Å². The van der Waals surface area contributed by atoms with E-state index in [1.807, 2.05) is 6.07 Å². The van der Waals surface area contributed by atoms with Crippen LogP contribution in [-0.2, 0) is 20.9 Å². The molecule has 3 amide bonds. The predicted octanol–water partition coefficient (Wildman–Crippen LogP) is 0.0473. The number of amides is 3. The number of hydrogen-bond acceptors (Lipinski definition) is 5. The summed E-state index contributed by atoms with van der Waals surface area (Å²) in [6, 6.07) is 6.76. The lowest BCUT2D eigenvalue weighted by Crippen LogP contribution is -2.54. The van der Waals surface area contributed by atoms with Gasteiger partial charge in [-0.25, -0.2) is 4.79 Å². The quantitative estimate of drug-likeness (QED) is 0.345. The topological polar surface area (TPSA) is 131 Å². The Kier molecular flexibility index (Phi) is 9.28. The molecule has 0 aliphatic rings. The molecule has 8 heteroatoms. The number of aliphatic hydroxyl groups is 1. The van der Waals surface area contributed by atoms with Crippen LogP contribution < -0.4 is 16.4 Å². The number of aliphatic hydroxyl groups excluding tert-OH is 1. The van der Waals surface area contributed by atoms with Gasteiger partial charge in [0, 0.05) is 6.42 Å². The van der Waals surface area contributed by atoms with Gasteiger partial charge in [-0.15, -0.1) is 12.3 Å². The standard InChI is InChI=1S/C18H23N3O5/c1-2-3-5-10-14(16(19)23)20-17(24)15(11-22)21-18(25)26-12-13-8-6-4-7-9-13/h1,4,6-9,14-15,22H,3,5,10-12H2,(H2,19,23)(H,20,24)(H,21,25)/t14-,15+/m1/s1. The minimum Gasteiger partial charge on any atom is -0.445 e. The van der Waals surface area contributed by atoms with Crippen LogP contribution in [0.4, 0.5) is 4.79 Å². The lowest BCUT2D eigenvalue weighted by atomic mass is 10.1. The summed E-state index contributed by atoms with van der Waals surface area (Å²) < 4.78 is 4.99. The molecule has 1 aromatic rings. The number of terminal acetylenes is 1. The van der Waals surface area contributed by atoms with Crippen molar-refractivity contribution >= 4 is 17.9 Å². The molecule has 0 bridgehead atoms. The molecule has 26 heavy (non-hydrogen) atoms. The van der Waals surface area contributed by atoms with E-state index in [0.29, 0.717) is 12.8 Å². The summed E-state index contributed by atoms with van der Waals surface area (Å²) in [6.45, 7) is -0.648. The highest BCUT2D eigenvalue weighted by Gasteiger charge is 2.25. The molecule has 0 saturated heterocycles. The minimum absolute atomic E-state index is 0.0163. The number of primary amides is 1. The van der Waals surface area contributed by atoms with Crippen LogP contribution in [0.3, 0.4) is 0 Å². The number of alkyl carbamates (subject to hydrolysis) is 1. The van der Waals surface area contributed by atoms with Crippen molar-refractivity contribution in [1.29, 1.82) is 0 Å². The lowest BCUT2D eigenvalue weighted by Gasteiger charge is -2.20. The Hall–Kier alpha value is -3.05. The lowest BCUT2D eigenvalue weighted by molar-refractivity contribution is -0.129. The molecular formula is C18H23N3O5. The number of ether oxygens (including phenoxy) is 1. The van der Waals surface area contributed by atoms with Gasteiger partial charge in [0.25, 0.3) is 0 Å². The van der Waals surface area contributed by atoms with Crippen LogP contribution in [0.5, 0.6) is 0 Å². The SMILES string of the molecule is C#CCCC[C@@H](NC(=O)[C@H](CO)NC(=O)OCc1ccccc1)C(N)=O. The molecule has 0 aromatic heterocycles.